The number of rotatable bonds is 17. The highest BCUT2D eigenvalue weighted by Crippen LogP contribution is 2.14. The monoisotopic (exact) mass is 376 g/mol. The Kier molecular flexibility index (Phi) is 20.6. The zero-order valence-corrected chi connectivity index (χ0v) is 15.8. The van der Waals surface area contributed by atoms with Gasteiger partial charge in [-0.25, -0.2) is 0 Å². The van der Waals surface area contributed by atoms with Gasteiger partial charge in [0.1, 0.15) is 0 Å². The summed E-state index contributed by atoms with van der Waals surface area (Å²) in [7, 11) is -3.94. The van der Waals surface area contributed by atoms with E-state index in [2.05, 4.69) is 6.92 Å². The summed E-state index contributed by atoms with van der Waals surface area (Å²) in [5.74, 6) is -0.341. The van der Waals surface area contributed by atoms with Crippen LogP contribution in [0.5, 0.6) is 0 Å². The van der Waals surface area contributed by atoms with Crippen LogP contribution in [0.4, 0.5) is 0 Å². The van der Waals surface area contributed by atoms with E-state index in [0.717, 1.165) is 12.8 Å². The van der Waals surface area contributed by atoms with Crippen LogP contribution in [0.3, 0.4) is 0 Å². The van der Waals surface area contributed by atoms with Crippen LogP contribution in [0.1, 0.15) is 103 Å². The second-order valence-corrected chi connectivity index (χ2v) is 8.33. The molecule has 0 aromatic rings. The highest BCUT2D eigenvalue weighted by atomic mass is 32.2. The van der Waals surface area contributed by atoms with Crippen molar-refractivity contribution >= 4 is 33.2 Å². The molecule has 0 saturated heterocycles. The van der Waals surface area contributed by atoms with Crippen molar-refractivity contribution in [2.24, 2.45) is 0 Å². The van der Waals surface area contributed by atoms with Gasteiger partial charge in [0, 0.05) is 0 Å². The van der Waals surface area contributed by atoms with Crippen molar-refractivity contribution in [3.63, 3.8) is 0 Å². The van der Waals surface area contributed by atoms with Crippen LogP contribution >= 0.6 is 0 Å². The molecule has 0 aliphatic carbocycles. The van der Waals surface area contributed by atoms with Crippen molar-refractivity contribution in [2.45, 2.75) is 109 Å². The summed E-state index contributed by atoms with van der Waals surface area (Å²) >= 11 is 0. The first kappa shape index (κ1) is 26.9. The molecule has 0 amide bonds. The average molecular weight is 377 g/mol. The molecule has 0 aliphatic rings. The third kappa shape index (κ3) is 22.6. The molecule has 24 heavy (non-hydrogen) atoms. The van der Waals surface area contributed by atoms with Crippen molar-refractivity contribution in [2.75, 3.05) is 5.75 Å². The molecule has 0 bridgehead atoms. The second kappa shape index (κ2) is 18.4. The van der Waals surface area contributed by atoms with E-state index in [9.17, 15) is 13.5 Å². The van der Waals surface area contributed by atoms with E-state index >= 15 is 0 Å². The summed E-state index contributed by atoms with van der Waals surface area (Å²) in [6.07, 6.45) is 16.9. The Bertz CT molecular complexity index is 347. The van der Waals surface area contributed by atoms with E-state index in [1.54, 1.807) is 0 Å². The molecule has 1 unspecified atom stereocenters. The summed E-state index contributed by atoms with van der Waals surface area (Å²) in [6.45, 7) is 2.25. The maximum atomic E-state index is 10.6. The van der Waals surface area contributed by atoms with Crippen LogP contribution in [0.2, 0.25) is 0 Å². The fourth-order valence-corrected chi connectivity index (χ4v) is 3.40. The Morgan fingerprint density at radius 2 is 1.08 bits per heavy atom. The lowest BCUT2D eigenvalue weighted by atomic mass is 10.0. The minimum Gasteiger partial charge on any atom is -0.393 e. The topological polar surface area (TPSA) is 74.6 Å². The van der Waals surface area contributed by atoms with E-state index in [1.807, 2.05) is 0 Å². The fourth-order valence-electron chi connectivity index (χ4n) is 2.83. The van der Waals surface area contributed by atoms with E-state index in [-0.39, 0.29) is 35.2 Å². The lowest BCUT2D eigenvalue weighted by Crippen LogP contribution is -2.14. The van der Waals surface area contributed by atoms with Crippen molar-refractivity contribution in [1.29, 1.82) is 0 Å². The summed E-state index contributed by atoms with van der Waals surface area (Å²) in [4.78, 5) is 0. The van der Waals surface area contributed by atoms with Gasteiger partial charge in [0.25, 0.3) is 10.1 Å². The molecule has 0 saturated carbocycles. The van der Waals surface area contributed by atoms with Crippen LogP contribution in [-0.2, 0) is 10.1 Å². The molecule has 144 valence electrons. The second-order valence-electron chi connectivity index (χ2n) is 6.76. The van der Waals surface area contributed by atoms with Crippen LogP contribution in [0, 0.1) is 0 Å². The molecular weight excluding hydrogens is 337 g/mol. The third-order valence-electron chi connectivity index (χ3n) is 4.35. The highest BCUT2D eigenvalue weighted by molar-refractivity contribution is 7.85. The SMILES string of the molecule is CCCCCCCCCCCCCCCC(O)CCS(=O)(=O)O.[MgH2]. The predicted molar refractivity (Wildman–Crippen MR) is 106 cm³/mol. The highest BCUT2D eigenvalue weighted by Gasteiger charge is 2.10. The Hall–Kier alpha value is 0.636. The van der Waals surface area contributed by atoms with Gasteiger partial charge in [0.15, 0.2) is 0 Å². The summed E-state index contributed by atoms with van der Waals surface area (Å²) in [5, 5.41) is 9.61. The zero-order valence-electron chi connectivity index (χ0n) is 15.0. The first-order valence-electron chi connectivity index (χ1n) is 9.59. The quantitative estimate of drug-likeness (QED) is 0.227. The molecular formula is C18H40MgO4S. The Labute approximate surface area is 166 Å². The summed E-state index contributed by atoms with van der Waals surface area (Å²) in [6, 6.07) is 0. The summed E-state index contributed by atoms with van der Waals surface area (Å²) in [5.41, 5.74) is 0. The lowest BCUT2D eigenvalue weighted by molar-refractivity contribution is 0.156. The largest absolute Gasteiger partial charge is 0.393 e. The van der Waals surface area contributed by atoms with Gasteiger partial charge in [-0.15, -0.1) is 0 Å². The first-order chi connectivity index (χ1) is 11.0. The average Bonchev–Trinajstić information content (AvgIpc) is 2.49. The minimum absolute atomic E-state index is 0. The Morgan fingerprint density at radius 1 is 0.708 bits per heavy atom. The van der Waals surface area contributed by atoms with Crippen molar-refractivity contribution in [3.05, 3.63) is 0 Å². The van der Waals surface area contributed by atoms with Crippen molar-refractivity contribution < 1.29 is 18.1 Å². The van der Waals surface area contributed by atoms with Crippen molar-refractivity contribution in [3.8, 4) is 0 Å². The molecule has 0 fully saturated rings. The van der Waals surface area contributed by atoms with Gasteiger partial charge in [-0.1, -0.05) is 90.4 Å². The van der Waals surface area contributed by atoms with Gasteiger partial charge in [0.05, 0.1) is 11.9 Å². The number of hydrogen-bond donors (Lipinski definition) is 2. The van der Waals surface area contributed by atoms with Crippen LogP contribution < -0.4 is 0 Å². The van der Waals surface area contributed by atoms with E-state index < -0.39 is 16.2 Å². The van der Waals surface area contributed by atoms with Gasteiger partial charge in [-0.3, -0.25) is 4.55 Å². The van der Waals surface area contributed by atoms with E-state index in [4.69, 9.17) is 4.55 Å². The van der Waals surface area contributed by atoms with Crippen LogP contribution in [0.15, 0.2) is 0 Å². The molecule has 0 aromatic carbocycles. The van der Waals surface area contributed by atoms with Gasteiger partial charge in [0.2, 0.25) is 0 Å². The zero-order chi connectivity index (χ0) is 17.4. The van der Waals surface area contributed by atoms with Gasteiger partial charge >= 0.3 is 23.1 Å². The van der Waals surface area contributed by atoms with Crippen LogP contribution in [-0.4, -0.2) is 53.0 Å². The molecule has 0 aliphatic heterocycles. The Balaban J connectivity index is 0. The number of aliphatic hydroxyl groups is 1. The molecule has 0 aromatic heterocycles. The minimum atomic E-state index is -3.94. The van der Waals surface area contributed by atoms with Crippen molar-refractivity contribution in [1.82, 2.24) is 0 Å². The maximum absolute atomic E-state index is 10.6. The number of aliphatic hydroxyl groups excluding tert-OH is 1. The van der Waals surface area contributed by atoms with Gasteiger partial charge in [-0.2, -0.15) is 8.42 Å². The predicted octanol–water partition coefficient (Wildman–Crippen LogP) is 4.19. The smallest absolute Gasteiger partial charge is 0.316 e. The Morgan fingerprint density at radius 3 is 1.46 bits per heavy atom. The molecule has 0 heterocycles. The number of hydrogen-bond acceptors (Lipinski definition) is 3. The van der Waals surface area contributed by atoms with Crippen LogP contribution in [0.25, 0.3) is 0 Å². The third-order valence-corrected chi connectivity index (χ3v) is 5.10. The first-order valence-corrected chi connectivity index (χ1v) is 11.2. The van der Waals surface area contributed by atoms with E-state index in [1.165, 1.54) is 70.6 Å². The van der Waals surface area contributed by atoms with Gasteiger partial charge < -0.3 is 5.11 Å². The standard InChI is InChI=1S/C18H38O4S.Mg.2H/c1-2-3-4-5-6-7-8-9-10-11-12-13-14-15-18(19)16-17-23(20,21)22;;;/h18-19H,2-17H2,1H3,(H,20,21,22);;;. The number of unbranched alkanes of at least 4 members (excludes halogenated alkanes) is 12. The molecule has 0 rings (SSSR count). The van der Waals surface area contributed by atoms with E-state index in [0.29, 0.717) is 6.42 Å². The molecule has 0 spiro atoms. The lowest BCUT2D eigenvalue weighted by Gasteiger charge is -2.09. The molecule has 4 nitrogen and oxygen atoms in total. The molecule has 2 N–H and O–H groups in total. The molecule has 0 radical (unpaired) electrons. The maximum Gasteiger partial charge on any atom is 0.316 e. The van der Waals surface area contributed by atoms with Gasteiger partial charge in [-0.05, 0) is 12.8 Å². The normalized spacial score (nSPS) is 12.8. The summed E-state index contributed by atoms with van der Waals surface area (Å²) < 4.78 is 29.7. The fraction of sp³-hybridized carbons (Fsp3) is 1.00. The molecule has 6 heteroatoms. The molecule has 1 atom stereocenters.